The molecule has 0 fully saturated rings. The molecule has 0 aliphatic heterocycles. The molecule has 0 aromatic heterocycles. The van der Waals surface area contributed by atoms with Crippen LogP contribution in [0.1, 0.15) is 33.4 Å². The van der Waals surface area contributed by atoms with Crippen molar-refractivity contribution in [3.63, 3.8) is 0 Å². The maximum Gasteiger partial charge on any atom is 0.239 e. The summed E-state index contributed by atoms with van der Waals surface area (Å²) in [7, 11) is 0. The van der Waals surface area contributed by atoms with Gasteiger partial charge in [0.2, 0.25) is 5.91 Å². The molecule has 0 heterocycles. The Morgan fingerprint density at radius 2 is 1.10 bits per heavy atom. The molecule has 0 aliphatic carbocycles. The van der Waals surface area contributed by atoms with Crippen molar-refractivity contribution < 1.29 is 4.79 Å². The quantitative estimate of drug-likeness (QED) is 0.394. The monoisotopic (exact) mass is 405 g/mol. The molecule has 4 aromatic carbocycles. The summed E-state index contributed by atoms with van der Waals surface area (Å²) in [5, 5.41) is 3.26. The average molecular weight is 406 g/mol. The zero-order valence-corrected chi connectivity index (χ0v) is 18.0. The van der Waals surface area contributed by atoms with Crippen molar-refractivity contribution in [3.8, 4) is 0 Å². The van der Waals surface area contributed by atoms with Crippen molar-refractivity contribution >= 4 is 5.91 Å². The maximum atomic E-state index is 14.1. The zero-order valence-electron chi connectivity index (χ0n) is 18.0. The van der Waals surface area contributed by atoms with Crippen molar-refractivity contribution in [3.05, 3.63) is 143 Å². The Balaban J connectivity index is 1.85. The molecule has 0 bridgehead atoms. The third-order valence-electron chi connectivity index (χ3n) is 6.12. The van der Waals surface area contributed by atoms with Crippen LogP contribution in [0.5, 0.6) is 0 Å². The van der Waals surface area contributed by atoms with Gasteiger partial charge in [-0.25, -0.2) is 0 Å². The van der Waals surface area contributed by atoms with Gasteiger partial charge in [0.15, 0.2) is 0 Å². The van der Waals surface area contributed by atoms with Crippen LogP contribution in [0.15, 0.2) is 109 Å². The van der Waals surface area contributed by atoms with E-state index in [0.29, 0.717) is 6.54 Å². The molecular formula is C29H27NO. The Kier molecular flexibility index (Phi) is 5.99. The Labute approximate surface area is 184 Å². The summed E-state index contributed by atoms with van der Waals surface area (Å²) >= 11 is 0. The van der Waals surface area contributed by atoms with Crippen LogP contribution in [0, 0.1) is 13.8 Å². The maximum absolute atomic E-state index is 14.1. The number of benzene rings is 4. The van der Waals surface area contributed by atoms with Gasteiger partial charge in [0, 0.05) is 6.54 Å². The molecule has 0 unspecified atom stereocenters. The summed E-state index contributed by atoms with van der Waals surface area (Å²) in [5.74, 6) is -0.0305. The van der Waals surface area contributed by atoms with Crippen LogP contribution < -0.4 is 5.32 Å². The fraction of sp³-hybridized carbons (Fsp3) is 0.138. The molecule has 0 aliphatic rings. The van der Waals surface area contributed by atoms with E-state index in [2.05, 4.69) is 31.3 Å². The number of hydrogen-bond acceptors (Lipinski definition) is 1. The standard InChI is InChI=1S/C29H27NO/c1-22-13-12-14-24(23(22)2)21-30-28(31)29(25-15-6-3-7-16-25,26-17-8-4-9-18-26)27-19-10-5-11-20-27/h3-20H,21H2,1-2H3,(H,30,31). The molecule has 0 saturated carbocycles. The van der Waals surface area contributed by atoms with E-state index in [1.165, 1.54) is 11.1 Å². The summed E-state index contributed by atoms with van der Waals surface area (Å²) in [6.45, 7) is 4.69. The largest absolute Gasteiger partial charge is 0.351 e. The Hall–Kier alpha value is -3.65. The van der Waals surface area contributed by atoms with Gasteiger partial charge in [0.1, 0.15) is 5.41 Å². The highest BCUT2D eigenvalue weighted by molar-refractivity contribution is 5.96. The first kappa shape index (κ1) is 20.6. The van der Waals surface area contributed by atoms with Crippen molar-refractivity contribution in [2.24, 2.45) is 0 Å². The van der Waals surface area contributed by atoms with E-state index in [1.807, 2.05) is 97.1 Å². The molecule has 31 heavy (non-hydrogen) atoms. The molecule has 0 radical (unpaired) electrons. The first-order chi connectivity index (χ1) is 15.1. The number of aryl methyl sites for hydroxylation is 1. The highest BCUT2D eigenvalue weighted by Gasteiger charge is 2.43. The second kappa shape index (κ2) is 9.01. The molecular weight excluding hydrogens is 378 g/mol. The second-order valence-corrected chi connectivity index (χ2v) is 7.89. The van der Waals surface area contributed by atoms with Crippen LogP contribution in [0.2, 0.25) is 0 Å². The topological polar surface area (TPSA) is 29.1 Å². The van der Waals surface area contributed by atoms with E-state index in [-0.39, 0.29) is 5.91 Å². The van der Waals surface area contributed by atoms with Gasteiger partial charge in [0.05, 0.1) is 0 Å². The number of amides is 1. The van der Waals surface area contributed by atoms with Gasteiger partial charge in [0.25, 0.3) is 0 Å². The molecule has 0 saturated heterocycles. The SMILES string of the molecule is Cc1cccc(CNC(=O)C(c2ccccc2)(c2ccccc2)c2ccccc2)c1C. The third-order valence-corrected chi connectivity index (χ3v) is 6.12. The molecule has 2 heteroatoms. The second-order valence-electron chi connectivity index (χ2n) is 7.89. The van der Waals surface area contributed by atoms with Gasteiger partial charge in [-0.15, -0.1) is 0 Å². The molecule has 0 atom stereocenters. The Morgan fingerprint density at radius 3 is 1.55 bits per heavy atom. The van der Waals surface area contributed by atoms with Crippen LogP contribution in [-0.4, -0.2) is 5.91 Å². The van der Waals surface area contributed by atoms with Crippen LogP contribution in [0.4, 0.5) is 0 Å². The van der Waals surface area contributed by atoms with Gasteiger partial charge in [-0.1, -0.05) is 109 Å². The number of nitrogens with one attached hydrogen (secondary N) is 1. The lowest BCUT2D eigenvalue weighted by atomic mass is 9.68. The summed E-state index contributed by atoms with van der Waals surface area (Å²) in [4.78, 5) is 14.1. The van der Waals surface area contributed by atoms with E-state index in [1.54, 1.807) is 0 Å². The highest BCUT2D eigenvalue weighted by atomic mass is 16.2. The van der Waals surface area contributed by atoms with Crippen molar-refractivity contribution in [1.82, 2.24) is 5.32 Å². The smallest absolute Gasteiger partial charge is 0.239 e. The molecule has 2 nitrogen and oxygen atoms in total. The number of rotatable bonds is 6. The van der Waals surface area contributed by atoms with E-state index < -0.39 is 5.41 Å². The molecule has 1 amide bonds. The Bertz CT molecular complexity index is 1050. The molecule has 4 aromatic rings. The van der Waals surface area contributed by atoms with Gasteiger partial charge < -0.3 is 5.32 Å². The first-order valence-corrected chi connectivity index (χ1v) is 10.6. The Morgan fingerprint density at radius 1 is 0.645 bits per heavy atom. The number of hydrogen-bond donors (Lipinski definition) is 1. The van der Waals surface area contributed by atoms with Gasteiger partial charge in [-0.2, -0.15) is 0 Å². The highest BCUT2D eigenvalue weighted by Crippen LogP contribution is 2.39. The van der Waals surface area contributed by atoms with E-state index in [0.717, 1.165) is 22.3 Å². The lowest BCUT2D eigenvalue weighted by Crippen LogP contribution is -2.46. The van der Waals surface area contributed by atoms with Gasteiger partial charge >= 0.3 is 0 Å². The van der Waals surface area contributed by atoms with E-state index >= 15 is 0 Å². The summed E-state index contributed by atoms with van der Waals surface area (Å²) in [6, 6.07) is 36.4. The lowest BCUT2D eigenvalue weighted by molar-refractivity contribution is -0.124. The minimum Gasteiger partial charge on any atom is -0.351 e. The van der Waals surface area contributed by atoms with Crippen LogP contribution in [-0.2, 0) is 16.8 Å². The molecule has 4 rings (SSSR count). The predicted molar refractivity (Wildman–Crippen MR) is 127 cm³/mol. The summed E-state index contributed by atoms with van der Waals surface area (Å²) in [5.41, 5.74) is 5.49. The van der Waals surface area contributed by atoms with E-state index in [4.69, 9.17) is 0 Å². The molecule has 0 spiro atoms. The first-order valence-electron chi connectivity index (χ1n) is 10.6. The molecule has 1 N–H and O–H groups in total. The fourth-order valence-electron chi connectivity index (χ4n) is 4.27. The van der Waals surface area contributed by atoms with Gasteiger partial charge in [-0.3, -0.25) is 4.79 Å². The third kappa shape index (κ3) is 3.89. The number of carbonyl (C=O) groups is 1. The normalized spacial score (nSPS) is 11.2. The average Bonchev–Trinajstić information content (AvgIpc) is 2.83. The van der Waals surface area contributed by atoms with Crippen LogP contribution in [0.25, 0.3) is 0 Å². The van der Waals surface area contributed by atoms with Crippen molar-refractivity contribution in [2.75, 3.05) is 0 Å². The lowest BCUT2D eigenvalue weighted by Gasteiger charge is -2.34. The zero-order chi connectivity index (χ0) is 21.7. The minimum atomic E-state index is -0.943. The summed E-state index contributed by atoms with van der Waals surface area (Å²) < 4.78 is 0. The van der Waals surface area contributed by atoms with Crippen molar-refractivity contribution in [1.29, 1.82) is 0 Å². The van der Waals surface area contributed by atoms with E-state index in [9.17, 15) is 4.79 Å². The van der Waals surface area contributed by atoms with Crippen molar-refractivity contribution in [2.45, 2.75) is 25.8 Å². The fourth-order valence-corrected chi connectivity index (χ4v) is 4.27. The number of carbonyl (C=O) groups excluding carboxylic acids is 1. The molecule has 154 valence electrons. The van der Waals surface area contributed by atoms with Gasteiger partial charge in [-0.05, 0) is 47.2 Å². The summed E-state index contributed by atoms with van der Waals surface area (Å²) in [6.07, 6.45) is 0. The predicted octanol–water partition coefficient (Wildman–Crippen LogP) is 5.95. The van der Waals surface area contributed by atoms with Crippen LogP contribution in [0.3, 0.4) is 0 Å². The minimum absolute atomic E-state index is 0.0305. The van der Waals surface area contributed by atoms with Crippen LogP contribution >= 0.6 is 0 Å².